The molecule has 0 N–H and O–H groups in total. The fraction of sp³-hybridized carbons (Fsp3) is 0.250. The molecule has 0 spiro atoms. The average molecular weight is 109 g/mol. The Bertz CT molecular complexity index is 80.9. The zero-order valence-electron chi connectivity index (χ0n) is 3.71. The Morgan fingerprint density at radius 3 is 1.71 bits per heavy atom. The van der Waals surface area contributed by atoms with Gasteiger partial charge in [0.05, 0.1) is 0 Å². The Morgan fingerprint density at radius 1 is 1.29 bits per heavy atom. The molecule has 0 saturated carbocycles. The van der Waals surface area contributed by atoms with Crippen molar-refractivity contribution < 1.29 is 13.2 Å². The molecule has 0 heterocycles. The van der Waals surface area contributed by atoms with Gasteiger partial charge in [-0.2, -0.15) is 8.78 Å². The van der Waals surface area contributed by atoms with Gasteiger partial charge < -0.3 is 0 Å². The van der Waals surface area contributed by atoms with E-state index in [1.54, 1.807) is 0 Å². The van der Waals surface area contributed by atoms with E-state index < -0.39 is 11.9 Å². The summed E-state index contributed by atoms with van der Waals surface area (Å²) in [4.78, 5) is 0. The number of hydrogen-bond donors (Lipinski definition) is 0. The summed E-state index contributed by atoms with van der Waals surface area (Å²) in [5.74, 6) is -1.44. The van der Waals surface area contributed by atoms with Crippen molar-refractivity contribution in [2.24, 2.45) is 0 Å². The first-order chi connectivity index (χ1) is 3.18. The highest BCUT2D eigenvalue weighted by Crippen LogP contribution is 2.10. The lowest BCUT2D eigenvalue weighted by atomic mass is 10.4. The maximum Gasteiger partial charge on any atom is 0.301 e. The fourth-order valence-electron chi connectivity index (χ4n) is 0.109. The van der Waals surface area contributed by atoms with E-state index in [0.717, 1.165) is 0 Å². The summed E-state index contributed by atoms with van der Waals surface area (Å²) in [7, 11) is 0. The summed E-state index contributed by atoms with van der Waals surface area (Å²) >= 11 is 0. The molecule has 0 aromatic heterocycles. The Labute approximate surface area is 39.6 Å². The van der Waals surface area contributed by atoms with Crippen LogP contribution in [-0.2, 0) is 0 Å². The number of halogens is 3. The number of allylic oxidation sites excluding steroid dienone is 1. The molecule has 0 nitrogen and oxygen atoms in total. The Balaban J connectivity index is 3.72. The predicted octanol–water partition coefficient (Wildman–Crippen LogP) is 2.29. The summed E-state index contributed by atoms with van der Waals surface area (Å²) < 4.78 is 33.1. The molecule has 0 amide bonds. The molecule has 0 aliphatic carbocycles. The lowest BCUT2D eigenvalue weighted by molar-refractivity contribution is 0.383. The summed E-state index contributed by atoms with van der Waals surface area (Å²) in [5.41, 5.74) is 0. The normalized spacial score (nSPS) is 8.57. The molecule has 0 unspecified atom stereocenters. The molecular weight excluding hydrogens is 105 g/mol. The topological polar surface area (TPSA) is 0 Å². The minimum absolute atomic E-state index is 0.704. The highest BCUT2D eigenvalue weighted by atomic mass is 19.3. The third-order valence-corrected chi connectivity index (χ3v) is 0.434. The molecule has 0 aliphatic rings. The van der Waals surface area contributed by atoms with Gasteiger partial charge >= 0.3 is 6.08 Å². The lowest BCUT2D eigenvalue weighted by Gasteiger charge is -1.81. The standard InChI is InChI=1S/C4H4F3/c1-2-3(5)4(6)7/h2H,1H3. The van der Waals surface area contributed by atoms with Gasteiger partial charge in [0.15, 0.2) is 5.83 Å². The monoisotopic (exact) mass is 109 g/mol. The van der Waals surface area contributed by atoms with Gasteiger partial charge in [-0.25, -0.2) is 4.39 Å². The molecule has 7 heavy (non-hydrogen) atoms. The molecule has 1 radical (unpaired) electrons. The second kappa shape index (κ2) is 2.66. The summed E-state index contributed by atoms with van der Waals surface area (Å²) in [6.07, 6.45) is -1.56. The van der Waals surface area contributed by atoms with E-state index in [2.05, 4.69) is 0 Å². The van der Waals surface area contributed by atoms with Crippen LogP contribution in [-0.4, -0.2) is 0 Å². The van der Waals surface area contributed by atoms with E-state index in [1.807, 2.05) is 0 Å². The van der Waals surface area contributed by atoms with E-state index in [1.165, 1.54) is 6.92 Å². The zero-order valence-corrected chi connectivity index (χ0v) is 3.71. The molecule has 0 bridgehead atoms. The van der Waals surface area contributed by atoms with Gasteiger partial charge in [0.2, 0.25) is 0 Å². The molecule has 0 aliphatic heterocycles. The summed E-state index contributed by atoms with van der Waals surface area (Å²) in [6, 6.07) is 0. The second-order valence-electron chi connectivity index (χ2n) is 0.897. The molecule has 0 saturated heterocycles. The van der Waals surface area contributed by atoms with Crippen LogP contribution in [0, 0.1) is 6.42 Å². The first-order valence-electron chi connectivity index (χ1n) is 1.68. The minimum atomic E-state index is -2.26. The molecule has 0 aromatic rings. The molecular formula is C4H4F3. The van der Waals surface area contributed by atoms with Crippen molar-refractivity contribution in [1.82, 2.24) is 0 Å². The van der Waals surface area contributed by atoms with Crippen molar-refractivity contribution in [3.05, 3.63) is 18.3 Å². The number of hydrogen-bond acceptors (Lipinski definition) is 0. The molecule has 0 atom stereocenters. The van der Waals surface area contributed by atoms with Crippen molar-refractivity contribution in [3.63, 3.8) is 0 Å². The van der Waals surface area contributed by atoms with Crippen molar-refractivity contribution in [3.8, 4) is 0 Å². The molecule has 3 heteroatoms. The molecule has 0 rings (SSSR count). The highest BCUT2D eigenvalue weighted by Gasteiger charge is 1.98. The van der Waals surface area contributed by atoms with Gasteiger partial charge in [0.25, 0.3) is 0 Å². The maximum atomic E-state index is 11.3. The van der Waals surface area contributed by atoms with Crippen LogP contribution in [0.25, 0.3) is 0 Å². The Kier molecular flexibility index (Phi) is 2.48. The van der Waals surface area contributed by atoms with Crippen LogP contribution in [0.4, 0.5) is 13.2 Å². The fourth-order valence-corrected chi connectivity index (χ4v) is 0.109. The second-order valence-corrected chi connectivity index (χ2v) is 0.897. The summed E-state index contributed by atoms with van der Waals surface area (Å²) in [6.45, 7) is 1.20. The van der Waals surface area contributed by atoms with Crippen LogP contribution in [0.15, 0.2) is 11.9 Å². The zero-order chi connectivity index (χ0) is 5.86. The van der Waals surface area contributed by atoms with Crippen molar-refractivity contribution in [2.75, 3.05) is 0 Å². The van der Waals surface area contributed by atoms with Gasteiger partial charge in [-0.15, -0.1) is 0 Å². The van der Waals surface area contributed by atoms with Crippen molar-refractivity contribution >= 4 is 0 Å². The van der Waals surface area contributed by atoms with Crippen LogP contribution in [0.5, 0.6) is 0 Å². The van der Waals surface area contributed by atoms with E-state index in [-0.39, 0.29) is 0 Å². The van der Waals surface area contributed by atoms with Gasteiger partial charge in [-0.1, -0.05) is 6.92 Å². The highest BCUT2D eigenvalue weighted by molar-refractivity contribution is 5.01. The molecule has 41 valence electrons. The van der Waals surface area contributed by atoms with Crippen molar-refractivity contribution in [1.29, 1.82) is 0 Å². The van der Waals surface area contributed by atoms with Crippen molar-refractivity contribution in [2.45, 2.75) is 6.92 Å². The van der Waals surface area contributed by atoms with Gasteiger partial charge in [-0.05, 0) is 0 Å². The van der Waals surface area contributed by atoms with Crippen LogP contribution >= 0.6 is 0 Å². The first-order valence-corrected chi connectivity index (χ1v) is 1.68. The van der Waals surface area contributed by atoms with E-state index in [4.69, 9.17) is 0 Å². The van der Waals surface area contributed by atoms with Gasteiger partial charge in [-0.3, -0.25) is 0 Å². The third kappa shape index (κ3) is 2.25. The first kappa shape index (κ1) is 6.53. The quantitative estimate of drug-likeness (QED) is 0.484. The van der Waals surface area contributed by atoms with E-state index in [9.17, 15) is 13.2 Å². The lowest BCUT2D eigenvalue weighted by Crippen LogP contribution is -1.69. The SMILES string of the molecule is C[CH]C(F)=C(F)F. The van der Waals surface area contributed by atoms with Crippen LogP contribution in [0.1, 0.15) is 6.92 Å². The smallest absolute Gasteiger partial charge is 0.206 e. The van der Waals surface area contributed by atoms with Crippen LogP contribution in [0.3, 0.4) is 0 Å². The number of rotatable bonds is 1. The molecule has 0 aromatic carbocycles. The largest absolute Gasteiger partial charge is 0.301 e. The van der Waals surface area contributed by atoms with Crippen LogP contribution < -0.4 is 0 Å². The third-order valence-electron chi connectivity index (χ3n) is 0.434. The van der Waals surface area contributed by atoms with E-state index in [0.29, 0.717) is 6.42 Å². The average Bonchev–Trinajstić information content (AvgIpc) is 1.65. The minimum Gasteiger partial charge on any atom is -0.206 e. The van der Waals surface area contributed by atoms with Gasteiger partial charge in [0.1, 0.15) is 0 Å². The predicted molar refractivity (Wildman–Crippen MR) is 20.3 cm³/mol. The van der Waals surface area contributed by atoms with Gasteiger partial charge in [0, 0.05) is 6.42 Å². The Hall–Kier alpha value is -0.470. The van der Waals surface area contributed by atoms with Crippen LogP contribution in [0.2, 0.25) is 0 Å². The summed E-state index contributed by atoms with van der Waals surface area (Å²) in [5, 5.41) is 0. The van der Waals surface area contributed by atoms with E-state index >= 15 is 0 Å². The Morgan fingerprint density at radius 2 is 1.71 bits per heavy atom. The molecule has 0 fully saturated rings. The maximum absolute atomic E-state index is 11.3.